The first-order valence-electron chi connectivity index (χ1n) is 4.97. The van der Waals surface area contributed by atoms with Crippen molar-refractivity contribution in [2.24, 2.45) is 0 Å². The molecular formula is C10H10F2N2O5. The first-order chi connectivity index (χ1) is 8.92. The number of hydrogen-bond acceptors (Lipinski definition) is 6. The van der Waals surface area contributed by atoms with E-state index >= 15 is 0 Å². The van der Waals surface area contributed by atoms with Crippen LogP contribution in [0.15, 0.2) is 6.20 Å². The minimum absolute atomic E-state index is 0.395. The fraction of sp³-hybridized carbons (Fsp3) is 0.400. The van der Waals surface area contributed by atoms with Gasteiger partial charge in [0.25, 0.3) is 6.43 Å². The molecule has 104 valence electrons. The standard InChI is InChI=1S/C10H10F2N2O5/c1-18-6-4-13-5(3-7(15)19-2)8(10(11)12)9(6)14(16)17/h4,10H,3H2,1-2H3. The molecule has 0 radical (unpaired) electrons. The molecule has 1 aromatic rings. The van der Waals surface area contributed by atoms with E-state index in [-0.39, 0.29) is 0 Å². The molecular weight excluding hydrogens is 266 g/mol. The summed E-state index contributed by atoms with van der Waals surface area (Å²) in [6.45, 7) is 0. The van der Waals surface area contributed by atoms with Crippen LogP contribution in [0.25, 0.3) is 0 Å². The zero-order valence-corrected chi connectivity index (χ0v) is 10.1. The number of nitrogens with zero attached hydrogens (tertiary/aromatic N) is 2. The van der Waals surface area contributed by atoms with Crippen LogP contribution >= 0.6 is 0 Å². The van der Waals surface area contributed by atoms with Gasteiger partial charge in [-0.05, 0) is 0 Å². The molecule has 1 aromatic heterocycles. The number of rotatable bonds is 5. The number of methoxy groups -OCH3 is 2. The highest BCUT2D eigenvalue weighted by atomic mass is 19.3. The summed E-state index contributed by atoms with van der Waals surface area (Å²) in [5, 5.41) is 10.9. The molecule has 1 heterocycles. The molecule has 0 bridgehead atoms. The van der Waals surface area contributed by atoms with Gasteiger partial charge < -0.3 is 9.47 Å². The molecule has 7 nitrogen and oxygen atoms in total. The SMILES string of the molecule is COC(=O)Cc1ncc(OC)c([N+](=O)[O-])c1C(F)F. The molecule has 0 saturated heterocycles. The number of esters is 1. The summed E-state index contributed by atoms with van der Waals surface area (Å²) in [5.41, 5.74) is -2.24. The van der Waals surface area contributed by atoms with Crippen LogP contribution in [0.1, 0.15) is 17.7 Å². The third kappa shape index (κ3) is 3.12. The summed E-state index contributed by atoms with van der Waals surface area (Å²) >= 11 is 0. The van der Waals surface area contributed by atoms with Gasteiger partial charge in [0, 0.05) is 0 Å². The zero-order chi connectivity index (χ0) is 14.6. The Morgan fingerprint density at radius 2 is 2.16 bits per heavy atom. The number of pyridine rings is 1. The van der Waals surface area contributed by atoms with Crippen molar-refractivity contribution in [3.63, 3.8) is 0 Å². The molecule has 0 amide bonds. The Morgan fingerprint density at radius 3 is 2.58 bits per heavy atom. The third-order valence-electron chi connectivity index (χ3n) is 2.30. The van der Waals surface area contributed by atoms with Crippen LogP contribution in [0.3, 0.4) is 0 Å². The highest BCUT2D eigenvalue weighted by Gasteiger charge is 2.32. The van der Waals surface area contributed by atoms with E-state index in [4.69, 9.17) is 0 Å². The average Bonchev–Trinajstić information content (AvgIpc) is 2.37. The third-order valence-corrected chi connectivity index (χ3v) is 2.30. The fourth-order valence-electron chi connectivity index (χ4n) is 1.45. The van der Waals surface area contributed by atoms with Gasteiger partial charge in [-0.1, -0.05) is 0 Å². The van der Waals surface area contributed by atoms with Gasteiger partial charge in [0.2, 0.25) is 5.75 Å². The smallest absolute Gasteiger partial charge is 0.323 e. The summed E-state index contributed by atoms with van der Waals surface area (Å²) in [6.07, 6.45) is -2.83. The first-order valence-corrected chi connectivity index (χ1v) is 4.97. The van der Waals surface area contributed by atoms with Crippen LogP contribution in [0, 0.1) is 10.1 Å². The van der Waals surface area contributed by atoms with Crippen molar-refractivity contribution in [2.45, 2.75) is 12.8 Å². The number of aromatic nitrogens is 1. The maximum absolute atomic E-state index is 13.0. The van der Waals surface area contributed by atoms with E-state index in [1.807, 2.05) is 0 Å². The van der Waals surface area contributed by atoms with E-state index in [1.165, 1.54) is 0 Å². The lowest BCUT2D eigenvalue weighted by Crippen LogP contribution is -2.11. The van der Waals surface area contributed by atoms with E-state index in [2.05, 4.69) is 14.5 Å². The molecule has 1 rings (SSSR count). The molecule has 0 aliphatic heterocycles. The van der Waals surface area contributed by atoms with Gasteiger partial charge in [0.1, 0.15) is 5.56 Å². The molecule has 0 atom stereocenters. The zero-order valence-electron chi connectivity index (χ0n) is 10.1. The van der Waals surface area contributed by atoms with Crippen LogP contribution in [-0.4, -0.2) is 30.1 Å². The van der Waals surface area contributed by atoms with Crippen molar-refractivity contribution in [1.82, 2.24) is 4.98 Å². The lowest BCUT2D eigenvalue weighted by molar-refractivity contribution is -0.387. The molecule has 19 heavy (non-hydrogen) atoms. The maximum Gasteiger partial charge on any atom is 0.323 e. The predicted octanol–water partition coefficient (Wildman–Crippen LogP) is 1.65. The van der Waals surface area contributed by atoms with E-state index in [0.29, 0.717) is 0 Å². The fourth-order valence-corrected chi connectivity index (χ4v) is 1.45. The van der Waals surface area contributed by atoms with E-state index in [0.717, 1.165) is 20.4 Å². The quantitative estimate of drug-likeness (QED) is 0.461. The van der Waals surface area contributed by atoms with Crippen LogP contribution in [-0.2, 0) is 16.0 Å². The van der Waals surface area contributed by atoms with E-state index < -0.39 is 46.4 Å². The second-order valence-electron chi connectivity index (χ2n) is 3.35. The van der Waals surface area contributed by atoms with Gasteiger partial charge >= 0.3 is 11.7 Å². The van der Waals surface area contributed by atoms with Gasteiger partial charge in [-0.15, -0.1) is 0 Å². The van der Waals surface area contributed by atoms with Crippen molar-refractivity contribution in [3.8, 4) is 5.75 Å². The Bertz CT molecular complexity index is 507. The molecule has 0 saturated carbocycles. The minimum Gasteiger partial charge on any atom is -0.489 e. The number of alkyl halides is 2. The monoisotopic (exact) mass is 276 g/mol. The Hall–Kier alpha value is -2.32. The molecule has 0 fully saturated rings. The van der Waals surface area contributed by atoms with Gasteiger partial charge in [0.15, 0.2) is 0 Å². The number of nitro groups is 1. The Morgan fingerprint density at radius 1 is 1.53 bits per heavy atom. The Balaban J connectivity index is 3.44. The number of carbonyl (C=O) groups is 1. The molecule has 0 aliphatic carbocycles. The minimum atomic E-state index is -3.16. The summed E-state index contributed by atoms with van der Waals surface area (Å²) in [4.78, 5) is 24.5. The second kappa shape index (κ2) is 6.03. The van der Waals surface area contributed by atoms with Crippen molar-refractivity contribution >= 4 is 11.7 Å². The summed E-state index contributed by atoms with van der Waals surface area (Å²) < 4.78 is 34.9. The van der Waals surface area contributed by atoms with Gasteiger partial charge in [-0.25, -0.2) is 8.78 Å². The summed E-state index contributed by atoms with van der Waals surface area (Å²) in [5.74, 6) is -1.22. The van der Waals surface area contributed by atoms with Crippen molar-refractivity contribution < 1.29 is 28.0 Å². The molecule has 0 aromatic carbocycles. The Labute approximate surface area is 106 Å². The second-order valence-corrected chi connectivity index (χ2v) is 3.35. The number of halogens is 2. The van der Waals surface area contributed by atoms with E-state index in [9.17, 15) is 23.7 Å². The van der Waals surface area contributed by atoms with Gasteiger partial charge in [-0.3, -0.25) is 19.9 Å². The average molecular weight is 276 g/mol. The largest absolute Gasteiger partial charge is 0.489 e. The highest BCUT2D eigenvalue weighted by Crippen LogP contribution is 2.38. The lowest BCUT2D eigenvalue weighted by atomic mass is 10.1. The van der Waals surface area contributed by atoms with Crippen LogP contribution in [0.2, 0.25) is 0 Å². The molecule has 0 N–H and O–H groups in total. The van der Waals surface area contributed by atoms with Gasteiger partial charge in [0.05, 0.1) is 37.5 Å². The number of carbonyl (C=O) groups excluding carboxylic acids is 1. The number of hydrogen-bond donors (Lipinski definition) is 0. The van der Waals surface area contributed by atoms with Crippen molar-refractivity contribution in [2.75, 3.05) is 14.2 Å². The van der Waals surface area contributed by atoms with Crippen LogP contribution in [0.4, 0.5) is 14.5 Å². The highest BCUT2D eigenvalue weighted by molar-refractivity contribution is 5.73. The number of ether oxygens (including phenoxy) is 2. The Kier molecular flexibility index (Phi) is 4.67. The molecule has 0 aliphatic rings. The maximum atomic E-state index is 13.0. The molecule has 0 spiro atoms. The normalized spacial score (nSPS) is 10.4. The van der Waals surface area contributed by atoms with Gasteiger partial charge in [-0.2, -0.15) is 0 Å². The summed E-state index contributed by atoms with van der Waals surface area (Å²) in [7, 11) is 2.17. The van der Waals surface area contributed by atoms with E-state index in [1.54, 1.807) is 0 Å². The first kappa shape index (κ1) is 14.7. The molecule has 0 unspecified atom stereocenters. The topological polar surface area (TPSA) is 91.6 Å². The van der Waals surface area contributed by atoms with Crippen LogP contribution in [0.5, 0.6) is 5.75 Å². The predicted molar refractivity (Wildman–Crippen MR) is 58.1 cm³/mol. The lowest BCUT2D eigenvalue weighted by Gasteiger charge is -2.10. The van der Waals surface area contributed by atoms with Crippen molar-refractivity contribution in [3.05, 3.63) is 27.6 Å². The van der Waals surface area contributed by atoms with Crippen LogP contribution < -0.4 is 4.74 Å². The van der Waals surface area contributed by atoms with Crippen molar-refractivity contribution in [1.29, 1.82) is 0 Å². The summed E-state index contributed by atoms with van der Waals surface area (Å²) in [6, 6.07) is 0. The molecule has 9 heteroatoms.